The van der Waals surface area contributed by atoms with Gasteiger partial charge in [-0.05, 0) is 31.7 Å². The van der Waals surface area contributed by atoms with Crippen LogP contribution < -0.4 is 0 Å². The van der Waals surface area contributed by atoms with Crippen LogP contribution in [0.4, 0.5) is 0 Å². The number of likely N-dealkylation sites (tertiary alicyclic amines) is 1. The first-order valence-corrected chi connectivity index (χ1v) is 8.00. The summed E-state index contributed by atoms with van der Waals surface area (Å²) in [6.45, 7) is 1.59. The Labute approximate surface area is 134 Å². The summed E-state index contributed by atoms with van der Waals surface area (Å²) in [6, 6.07) is 2.14. The molecule has 0 aromatic carbocycles. The van der Waals surface area contributed by atoms with E-state index >= 15 is 0 Å². The highest BCUT2D eigenvalue weighted by Crippen LogP contribution is 2.24. The Kier molecular flexibility index (Phi) is 4.47. The van der Waals surface area contributed by atoms with E-state index in [0.717, 1.165) is 38.8 Å². The summed E-state index contributed by atoms with van der Waals surface area (Å²) in [6.07, 6.45) is 9.51. The van der Waals surface area contributed by atoms with Gasteiger partial charge in [-0.15, -0.1) is 0 Å². The van der Waals surface area contributed by atoms with Crippen molar-refractivity contribution in [3.8, 4) is 0 Å². The SMILES string of the molecule is Cn1cc(Cl)c(C(=O)N2CCCC[C@@H]2CCn2cccn2)n1. The summed E-state index contributed by atoms with van der Waals surface area (Å²) >= 11 is 6.12. The lowest BCUT2D eigenvalue weighted by atomic mass is 9.99. The fraction of sp³-hybridized carbons (Fsp3) is 0.533. The van der Waals surface area contributed by atoms with Crippen molar-refractivity contribution in [1.29, 1.82) is 0 Å². The zero-order valence-electron chi connectivity index (χ0n) is 12.7. The molecule has 7 heteroatoms. The molecule has 0 unspecified atom stereocenters. The lowest BCUT2D eigenvalue weighted by Crippen LogP contribution is -2.44. The summed E-state index contributed by atoms with van der Waals surface area (Å²) in [4.78, 5) is 14.7. The number of hydrogen-bond donors (Lipinski definition) is 0. The van der Waals surface area contributed by atoms with Crippen LogP contribution in [0.3, 0.4) is 0 Å². The third-order valence-corrected chi connectivity index (χ3v) is 4.40. The van der Waals surface area contributed by atoms with Gasteiger partial charge in [-0.25, -0.2) is 0 Å². The van der Waals surface area contributed by atoms with Gasteiger partial charge in [0.05, 0.1) is 5.02 Å². The van der Waals surface area contributed by atoms with Crippen LogP contribution in [0.15, 0.2) is 24.7 Å². The number of halogens is 1. The third kappa shape index (κ3) is 3.16. The van der Waals surface area contributed by atoms with Gasteiger partial charge in [0.15, 0.2) is 5.69 Å². The Morgan fingerprint density at radius 1 is 1.45 bits per heavy atom. The molecular weight excluding hydrogens is 302 g/mol. The molecule has 0 spiro atoms. The summed E-state index contributed by atoms with van der Waals surface area (Å²) < 4.78 is 3.49. The van der Waals surface area contributed by atoms with Crippen LogP contribution in [0.5, 0.6) is 0 Å². The van der Waals surface area contributed by atoms with E-state index < -0.39 is 0 Å². The minimum atomic E-state index is -0.0595. The van der Waals surface area contributed by atoms with Gasteiger partial charge in [0.25, 0.3) is 5.91 Å². The normalized spacial score (nSPS) is 18.6. The van der Waals surface area contributed by atoms with E-state index in [0.29, 0.717) is 10.7 Å². The first-order valence-electron chi connectivity index (χ1n) is 7.62. The fourth-order valence-corrected chi connectivity index (χ4v) is 3.28. The molecular formula is C15H20ClN5O. The van der Waals surface area contributed by atoms with Crippen molar-refractivity contribution in [3.05, 3.63) is 35.4 Å². The summed E-state index contributed by atoms with van der Waals surface area (Å²) in [5.41, 5.74) is 0.357. The fourth-order valence-electron chi connectivity index (χ4n) is 3.02. The van der Waals surface area contributed by atoms with E-state index in [4.69, 9.17) is 11.6 Å². The second-order valence-corrected chi connectivity index (χ2v) is 6.11. The zero-order valence-corrected chi connectivity index (χ0v) is 13.4. The number of carbonyl (C=O) groups excluding carboxylic acids is 1. The van der Waals surface area contributed by atoms with Crippen molar-refractivity contribution in [2.24, 2.45) is 7.05 Å². The standard InChI is InChI=1S/C15H20ClN5O/c1-19-11-13(16)14(18-19)15(22)21-9-3-2-5-12(21)6-10-20-8-4-7-17-20/h4,7-8,11-12H,2-3,5-6,9-10H2,1H3/t12-/m1/s1. The molecule has 0 N–H and O–H groups in total. The molecule has 2 aromatic rings. The number of nitrogens with zero attached hydrogens (tertiary/aromatic N) is 5. The smallest absolute Gasteiger partial charge is 0.276 e. The van der Waals surface area contributed by atoms with Crippen molar-refractivity contribution in [3.63, 3.8) is 0 Å². The highest BCUT2D eigenvalue weighted by molar-refractivity contribution is 6.33. The number of aryl methyl sites for hydroxylation is 2. The first kappa shape index (κ1) is 15.1. The number of amides is 1. The third-order valence-electron chi connectivity index (χ3n) is 4.13. The van der Waals surface area contributed by atoms with Crippen molar-refractivity contribution in [2.45, 2.75) is 38.3 Å². The number of hydrogen-bond acceptors (Lipinski definition) is 3. The predicted octanol–water partition coefficient (Wildman–Crippen LogP) is 2.36. The molecule has 1 aliphatic heterocycles. The Balaban J connectivity index is 1.71. The maximum atomic E-state index is 12.7. The van der Waals surface area contributed by atoms with Gasteiger partial charge in [-0.2, -0.15) is 10.2 Å². The molecule has 2 aromatic heterocycles. The van der Waals surface area contributed by atoms with Crippen LogP contribution in [0, 0.1) is 0 Å². The first-order chi connectivity index (χ1) is 10.6. The monoisotopic (exact) mass is 321 g/mol. The quantitative estimate of drug-likeness (QED) is 0.868. The Morgan fingerprint density at radius 2 is 2.32 bits per heavy atom. The predicted molar refractivity (Wildman–Crippen MR) is 83.7 cm³/mol. The van der Waals surface area contributed by atoms with Crippen molar-refractivity contribution in [2.75, 3.05) is 6.54 Å². The number of carbonyl (C=O) groups is 1. The molecule has 0 bridgehead atoms. The number of rotatable bonds is 4. The van der Waals surface area contributed by atoms with Crippen molar-refractivity contribution >= 4 is 17.5 Å². The molecule has 1 atom stereocenters. The molecule has 6 nitrogen and oxygen atoms in total. The Hall–Kier alpha value is -1.82. The topological polar surface area (TPSA) is 56.0 Å². The van der Waals surface area contributed by atoms with Gasteiger partial charge in [0, 0.05) is 44.8 Å². The molecule has 0 aliphatic carbocycles. The molecule has 1 aliphatic rings. The zero-order chi connectivity index (χ0) is 15.5. The minimum Gasteiger partial charge on any atom is -0.334 e. The van der Waals surface area contributed by atoms with Gasteiger partial charge in [0.2, 0.25) is 0 Å². The van der Waals surface area contributed by atoms with Gasteiger partial charge in [-0.1, -0.05) is 11.6 Å². The molecule has 3 rings (SSSR count). The summed E-state index contributed by atoms with van der Waals surface area (Å²) in [7, 11) is 1.77. The average molecular weight is 322 g/mol. The van der Waals surface area contributed by atoms with Gasteiger partial charge in [0.1, 0.15) is 0 Å². The average Bonchev–Trinajstić information content (AvgIpc) is 3.14. The molecule has 0 saturated carbocycles. The van der Waals surface area contributed by atoms with Crippen LogP contribution in [0.25, 0.3) is 0 Å². The van der Waals surface area contributed by atoms with Crippen molar-refractivity contribution in [1.82, 2.24) is 24.5 Å². The minimum absolute atomic E-state index is 0.0595. The van der Waals surface area contributed by atoms with E-state index in [1.807, 2.05) is 21.8 Å². The van der Waals surface area contributed by atoms with E-state index in [9.17, 15) is 4.79 Å². The van der Waals surface area contributed by atoms with Crippen LogP contribution in [0.2, 0.25) is 5.02 Å². The molecule has 22 heavy (non-hydrogen) atoms. The van der Waals surface area contributed by atoms with E-state index in [-0.39, 0.29) is 11.9 Å². The van der Waals surface area contributed by atoms with Gasteiger partial charge < -0.3 is 4.90 Å². The maximum absolute atomic E-state index is 12.7. The van der Waals surface area contributed by atoms with E-state index in [2.05, 4.69) is 10.2 Å². The highest BCUT2D eigenvalue weighted by atomic mass is 35.5. The van der Waals surface area contributed by atoms with Crippen LogP contribution in [-0.4, -0.2) is 43.0 Å². The molecule has 1 fully saturated rings. The second kappa shape index (κ2) is 6.52. The molecule has 3 heterocycles. The Morgan fingerprint density at radius 3 is 3.00 bits per heavy atom. The van der Waals surface area contributed by atoms with Gasteiger partial charge >= 0.3 is 0 Å². The van der Waals surface area contributed by atoms with Crippen molar-refractivity contribution < 1.29 is 4.79 Å². The largest absolute Gasteiger partial charge is 0.334 e. The lowest BCUT2D eigenvalue weighted by Gasteiger charge is -2.35. The van der Waals surface area contributed by atoms with E-state index in [1.54, 1.807) is 24.1 Å². The maximum Gasteiger partial charge on any atom is 0.276 e. The summed E-state index contributed by atoms with van der Waals surface area (Å²) in [5.74, 6) is -0.0595. The number of piperidine rings is 1. The summed E-state index contributed by atoms with van der Waals surface area (Å²) in [5, 5.41) is 8.85. The highest BCUT2D eigenvalue weighted by Gasteiger charge is 2.30. The lowest BCUT2D eigenvalue weighted by molar-refractivity contribution is 0.0587. The second-order valence-electron chi connectivity index (χ2n) is 5.71. The molecule has 1 saturated heterocycles. The van der Waals surface area contributed by atoms with Gasteiger partial charge in [-0.3, -0.25) is 14.2 Å². The molecule has 118 valence electrons. The number of aromatic nitrogens is 4. The van der Waals surface area contributed by atoms with Crippen LogP contribution in [0.1, 0.15) is 36.2 Å². The van der Waals surface area contributed by atoms with E-state index in [1.165, 1.54) is 0 Å². The Bertz CT molecular complexity index is 636. The molecule has 0 radical (unpaired) electrons. The van der Waals surface area contributed by atoms with Crippen LogP contribution in [-0.2, 0) is 13.6 Å². The van der Waals surface area contributed by atoms with Crippen LogP contribution >= 0.6 is 11.6 Å². The molecule has 1 amide bonds.